The number of rotatable bonds is 0. The Morgan fingerprint density at radius 3 is 2.31 bits per heavy atom. The lowest BCUT2D eigenvalue weighted by atomic mass is 10.2. The normalized spacial score (nSPS) is 15.4. The molecule has 0 bridgehead atoms. The van der Waals surface area contributed by atoms with Crippen LogP contribution < -0.4 is 9.83 Å². The van der Waals surface area contributed by atoms with E-state index in [4.69, 9.17) is 9.90 Å². The summed E-state index contributed by atoms with van der Waals surface area (Å²) < 4.78 is 24.2. The Morgan fingerprint density at radius 1 is 1.31 bits per heavy atom. The first-order valence-corrected chi connectivity index (χ1v) is 5.66. The van der Waals surface area contributed by atoms with Crippen LogP contribution >= 0.6 is 0 Å². The van der Waals surface area contributed by atoms with Crippen LogP contribution in [-0.4, -0.2) is 20.3 Å². The summed E-state index contributed by atoms with van der Waals surface area (Å²) in [6.07, 6.45) is 0. The van der Waals surface area contributed by atoms with E-state index >= 15 is 0 Å². The van der Waals surface area contributed by atoms with E-state index in [-0.39, 0.29) is 10.5 Å². The minimum Gasteiger partial charge on any atom is -0.550 e. The Kier molecular flexibility index (Phi) is 3.28. The third kappa shape index (κ3) is 2.57. The molecule has 0 aromatic heterocycles. The highest BCUT2D eigenvalue weighted by molar-refractivity contribution is 7.90. The number of benzene rings is 1. The molecule has 1 aliphatic heterocycles. The van der Waals surface area contributed by atoms with E-state index in [1.165, 1.54) is 12.1 Å². The Morgan fingerprint density at radius 2 is 1.81 bits per heavy atom. The maximum atomic E-state index is 11.1. The van der Waals surface area contributed by atoms with Gasteiger partial charge in [-0.05, 0) is 19.1 Å². The van der Waals surface area contributed by atoms with Gasteiger partial charge in [0.2, 0.25) is 0 Å². The molecule has 0 radical (unpaired) electrons. The van der Waals surface area contributed by atoms with Crippen molar-refractivity contribution < 1.29 is 23.1 Å². The van der Waals surface area contributed by atoms with Gasteiger partial charge in [0.15, 0.2) is 0 Å². The first kappa shape index (κ1) is 12.2. The third-order valence-corrected chi connectivity index (χ3v) is 3.04. The van der Waals surface area contributed by atoms with Crippen molar-refractivity contribution in [3.63, 3.8) is 0 Å². The first-order valence-electron chi connectivity index (χ1n) is 4.18. The van der Waals surface area contributed by atoms with Gasteiger partial charge in [-0.3, -0.25) is 4.79 Å². The molecule has 1 heterocycles. The van der Waals surface area contributed by atoms with Crippen LogP contribution in [0.4, 0.5) is 0 Å². The molecule has 6 nitrogen and oxygen atoms in total. The summed E-state index contributed by atoms with van der Waals surface area (Å²) in [7, 11) is -3.55. The number of amides is 1. The van der Waals surface area contributed by atoms with Crippen LogP contribution in [0.2, 0.25) is 0 Å². The standard InChI is InChI=1S/C7H5NO3S.C2H4O2/c9-7-5-3-1-2-4-6(5)12(10,11)8-7;1-2(3)4/h1-4H,(H,8,9);1H3,(H,3,4)/p-1. The highest BCUT2D eigenvalue weighted by Gasteiger charge is 2.31. The molecule has 1 aliphatic rings. The highest BCUT2D eigenvalue weighted by Crippen LogP contribution is 2.20. The van der Waals surface area contributed by atoms with E-state index in [9.17, 15) is 13.2 Å². The molecule has 1 N–H and O–H groups in total. The van der Waals surface area contributed by atoms with Crippen LogP contribution in [0.1, 0.15) is 17.3 Å². The molecule has 0 atom stereocenters. The lowest BCUT2D eigenvalue weighted by molar-refractivity contribution is -0.302. The van der Waals surface area contributed by atoms with Gasteiger partial charge in [0.05, 0.1) is 5.56 Å². The Balaban J connectivity index is 0.000000280. The number of fused-ring (bicyclic) bond motifs is 1. The zero-order valence-electron chi connectivity index (χ0n) is 8.26. The number of sulfonamides is 1. The van der Waals surface area contributed by atoms with E-state index in [1.54, 1.807) is 12.1 Å². The van der Waals surface area contributed by atoms with Crippen molar-refractivity contribution in [2.24, 2.45) is 0 Å². The molecule has 0 unspecified atom stereocenters. The summed E-state index contributed by atoms with van der Waals surface area (Å²) in [6, 6.07) is 6.09. The second-order valence-corrected chi connectivity index (χ2v) is 4.57. The van der Waals surface area contributed by atoms with Gasteiger partial charge in [0.25, 0.3) is 15.9 Å². The van der Waals surface area contributed by atoms with Crippen LogP contribution in [0.15, 0.2) is 29.2 Å². The molecule has 0 spiro atoms. The summed E-state index contributed by atoms with van der Waals surface area (Å²) >= 11 is 0. The van der Waals surface area contributed by atoms with E-state index < -0.39 is 21.9 Å². The fourth-order valence-corrected chi connectivity index (χ4v) is 2.29. The van der Waals surface area contributed by atoms with Crippen molar-refractivity contribution in [1.29, 1.82) is 0 Å². The van der Waals surface area contributed by atoms with Gasteiger partial charge in [0.1, 0.15) is 4.90 Å². The smallest absolute Gasteiger partial charge is 0.266 e. The Labute approximate surface area is 92.0 Å². The highest BCUT2D eigenvalue weighted by atomic mass is 32.2. The molecular formula is C9H8NO5S-. The van der Waals surface area contributed by atoms with Crippen molar-refractivity contribution in [2.45, 2.75) is 11.8 Å². The molecule has 0 fully saturated rings. The number of aliphatic carboxylic acids is 1. The number of carbonyl (C=O) groups is 2. The van der Waals surface area contributed by atoms with E-state index in [0.29, 0.717) is 0 Å². The minimum atomic E-state index is -3.55. The minimum absolute atomic E-state index is 0.0648. The Hall–Kier alpha value is -1.89. The van der Waals surface area contributed by atoms with Crippen LogP contribution in [-0.2, 0) is 14.8 Å². The average molecular weight is 242 g/mol. The van der Waals surface area contributed by atoms with E-state index in [1.807, 2.05) is 4.72 Å². The average Bonchev–Trinajstić information content (AvgIpc) is 2.38. The molecule has 1 aromatic carbocycles. The van der Waals surface area contributed by atoms with Crippen molar-refractivity contribution in [2.75, 3.05) is 0 Å². The SMILES string of the molecule is CC(=O)[O-].O=C1NS(=O)(=O)c2ccccc21. The quantitative estimate of drug-likeness (QED) is 0.620. The predicted molar refractivity (Wildman–Crippen MR) is 51.8 cm³/mol. The van der Waals surface area contributed by atoms with E-state index in [0.717, 1.165) is 6.92 Å². The third-order valence-electron chi connectivity index (χ3n) is 1.65. The van der Waals surface area contributed by atoms with Gasteiger partial charge in [-0.15, -0.1) is 0 Å². The van der Waals surface area contributed by atoms with Crippen LogP contribution in [0, 0.1) is 0 Å². The molecule has 86 valence electrons. The van der Waals surface area contributed by atoms with Gasteiger partial charge in [-0.1, -0.05) is 12.1 Å². The number of hydrogen-bond acceptors (Lipinski definition) is 5. The van der Waals surface area contributed by atoms with Crippen molar-refractivity contribution in [3.05, 3.63) is 29.8 Å². The van der Waals surface area contributed by atoms with Gasteiger partial charge >= 0.3 is 0 Å². The maximum absolute atomic E-state index is 11.1. The number of carboxylic acid groups (broad SMARTS) is 1. The molecule has 16 heavy (non-hydrogen) atoms. The second kappa shape index (κ2) is 4.31. The van der Waals surface area contributed by atoms with Crippen molar-refractivity contribution in [1.82, 2.24) is 4.72 Å². The molecular weight excluding hydrogens is 234 g/mol. The number of carboxylic acids is 1. The second-order valence-electron chi connectivity index (χ2n) is 2.92. The molecule has 0 saturated carbocycles. The summed E-state index contributed by atoms with van der Waals surface area (Å²) in [4.78, 5) is 19.9. The van der Waals surface area contributed by atoms with Gasteiger partial charge in [-0.2, -0.15) is 0 Å². The molecule has 1 amide bonds. The molecule has 1 aromatic rings. The predicted octanol–water partition coefficient (Wildman–Crippen LogP) is -1.13. The lowest BCUT2D eigenvalue weighted by Gasteiger charge is -1.91. The maximum Gasteiger partial charge on any atom is 0.266 e. The summed E-state index contributed by atoms with van der Waals surface area (Å²) in [6.45, 7) is 0.972. The summed E-state index contributed by atoms with van der Waals surface area (Å²) in [5.74, 6) is -1.63. The zero-order chi connectivity index (χ0) is 12.3. The largest absolute Gasteiger partial charge is 0.550 e. The van der Waals surface area contributed by atoms with Crippen LogP contribution in [0.3, 0.4) is 0 Å². The van der Waals surface area contributed by atoms with Gasteiger partial charge in [-0.25, -0.2) is 13.1 Å². The fourth-order valence-electron chi connectivity index (χ4n) is 1.12. The number of hydrogen-bond donors (Lipinski definition) is 1. The molecule has 0 saturated heterocycles. The van der Waals surface area contributed by atoms with Crippen molar-refractivity contribution >= 4 is 21.9 Å². The molecule has 2 rings (SSSR count). The van der Waals surface area contributed by atoms with Crippen LogP contribution in [0.5, 0.6) is 0 Å². The van der Waals surface area contributed by atoms with E-state index in [2.05, 4.69) is 0 Å². The number of carbonyl (C=O) groups excluding carboxylic acids is 2. The van der Waals surface area contributed by atoms with Gasteiger partial charge < -0.3 is 9.90 Å². The molecule has 0 aliphatic carbocycles. The summed E-state index contributed by atoms with van der Waals surface area (Å²) in [5, 5.41) is 8.89. The summed E-state index contributed by atoms with van der Waals surface area (Å²) in [5.41, 5.74) is 0.220. The number of nitrogens with one attached hydrogen (secondary N) is 1. The Bertz CT molecular complexity index is 531. The lowest BCUT2D eigenvalue weighted by Crippen LogP contribution is -2.20. The fraction of sp³-hybridized carbons (Fsp3) is 0.111. The monoisotopic (exact) mass is 242 g/mol. The topological polar surface area (TPSA) is 103 Å². The zero-order valence-corrected chi connectivity index (χ0v) is 9.08. The molecule has 7 heteroatoms. The van der Waals surface area contributed by atoms with Crippen molar-refractivity contribution in [3.8, 4) is 0 Å². The van der Waals surface area contributed by atoms with Gasteiger partial charge in [0, 0.05) is 5.97 Å². The first-order chi connectivity index (χ1) is 7.34. The van der Waals surface area contributed by atoms with Crippen LogP contribution in [0.25, 0.3) is 0 Å².